The van der Waals surface area contributed by atoms with E-state index in [9.17, 15) is 4.39 Å². The molecule has 0 radical (unpaired) electrons. The number of aryl methyl sites for hydroxylation is 1. The molecular weight excluding hydrogens is 323 g/mol. The molecule has 4 nitrogen and oxygen atoms in total. The molecule has 120 valence electrons. The zero-order valence-electron chi connectivity index (χ0n) is 13.1. The van der Waals surface area contributed by atoms with Crippen molar-refractivity contribution in [2.45, 2.75) is 24.4 Å². The van der Waals surface area contributed by atoms with Crippen LogP contribution in [0.1, 0.15) is 12.5 Å². The SMILES string of the molecule is CCn1c2ccccc2c2nnc(SCc3cccc(F)c3)nc21. The van der Waals surface area contributed by atoms with Crippen LogP contribution in [0.3, 0.4) is 0 Å². The van der Waals surface area contributed by atoms with E-state index in [-0.39, 0.29) is 5.82 Å². The average Bonchev–Trinajstić information content (AvgIpc) is 2.93. The molecule has 0 N–H and O–H groups in total. The zero-order chi connectivity index (χ0) is 16.5. The first-order valence-corrected chi connectivity index (χ1v) is 8.73. The number of hydrogen-bond donors (Lipinski definition) is 0. The Morgan fingerprint density at radius 1 is 1.08 bits per heavy atom. The van der Waals surface area contributed by atoms with Crippen LogP contribution in [0.4, 0.5) is 4.39 Å². The Labute approximate surface area is 142 Å². The molecule has 4 aromatic rings. The molecule has 0 bridgehead atoms. The molecule has 0 amide bonds. The van der Waals surface area contributed by atoms with E-state index in [0.717, 1.165) is 34.2 Å². The van der Waals surface area contributed by atoms with Crippen molar-refractivity contribution in [2.75, 3.05) is 0 Å². The molecule has 0 atom stereocenters. The highest BCUT2D eigenvalue weighted by Crippen LogP contribution is 2.27. The molecule has 0 saturated heterocycles. The third kappa shape index (κ3) is 2.63. The molecule has 2 aromatic carbocycles. The van der Waals surface area contributed by atoms with Gasteiger partial charge in [-0.3, -0.25) is 0 Å². The molecule has 0 fully saturated rings. The Bertz CT molecular complexity index is 1030. The lowest BCUT2D eigenvalue weighted by atomic mass is 10.2. The quantitative estimate of drug-likeness (QED) is 0.516. The number of aromatic nitrogens is 4. The van der Waals surface area contributed by atoms with E-state index in [2.05, 4.69) is 32.7 Å². The van der Waals surface area contributed by atoms with Gasteiger partial charge in [-0.25, -0.2) is 9.37 Å². The van der Waals surface area contributed by atoms with Gasteiger partial charge in [-0.15, -0.1) is 10.2 Å². The predicted molar refractivity (Wildman–Crippen MR) is 94.5 cm³/mol. The van der Waals surface area contributed by atoms with Crippen LogP contribution in [0.15, 0.2) is 53.7 Å². The van der Waals surface area contributed by atoms with Crippen LogP contribution in [-0.2, 0) is 12.3 Å². The van der Waals surface area contributed by atoms with Crippen LogP contribution in [0.2, 0.25) is 0 Å². The van der Waals surface area contributed by atoms with E-state index in [4.69, 9.17) is 0 Å². The van der Waals surface area contributed by atoms with Gasteiger partial charge in [0.25, 0.3) is 0 Å². The van der Waals surface area contributed by atoms with Crippen LogP contribution in [0, 0.1) is 5.82 Å². The maximum atomic E-state index is 13.3. The van der Waals surface area contributed by atoms with Crippen LogP contribution in [0.5, 0.6) is 0 Å². The van der Waals surface area contributed by atoms with Crippen molar-refractivity contribution in [1.29, 1.82) is 0 Å². The summed E-state index contributed by atoms with van der Waals surface area (Å²) in [5.74, 6) is 0.380. The number of benzene rings is 2. The molecule has 0 unspecified atom stereocenters. The average molecular weight is 338 g/mol. The maximum absolute atomic E-state index is 13.3. The van der Waals surface area contributed by atoms with Gasteiger partial charge in [0.1, 0.15) is 11.3 Å². The minimum absolute atomic E-state index is 0.228. The molecule has 2 aromatic heterocycles. The lowest BCUT2D eigenvalue weighted by Crippen LogP contribution is -1.98. The standard InChI is InChI=1S/C18H15FN4S/c1-2-23-15-9-4-3-8-14(15)16-17(23)20-18(22-21-16)24-11-12-6-5-7-13(19)10-12/h3-10H,2,11H2,1H3. The number of halogens is 1. The van der Waals surface area contributed by atoms with Crippen molar-refractivity contribution in [2.24, 2.45) is 0 Å². The Morgan fingerprint density at radius 3 is 2.79 bits per heavy atom. The monoisotopic (exact) mass is 338 g/mol. The fraction of sp³-hybridized carbons (Fsp3) is 0.167. The minimum Gasteiger partial charge on any atom is -0.324 e. The summed E-state index contributed by atoms with van der Waals surface area (Å²) in [5.41, 5.74) is 3.68. The van der Waals surface area contributed by atoms with Crippen LogP contribution in [-0.4, -0.2) is 19.7 Å². The Hall–Kier alpha value is -2.47. The number of hydrogen-bond acceptors (Lipinski definition) is 4. The molecule has 0 aliphatic rings. The Kier molecular flexibility index (Phi) is 3.90. The molecule has 2 heterocycles. The topological polar surface area (TPSA) is 43.6 Å². The van der Waals surface area contributed by atoms with E-state index < -0.39 is 0 Å². The number of para-hydroxylation sites is 1. The lowest BCUT2D eigenvalue weighted by Gasteiger charge is -2.03. The normalized spacial score (nSPS) is 11.4. The number of fused-ring (bicyclic) bond motifs is 3. The minimum atomic E-state index is -0.228. The van der Waals surface area contributed by atoms with Gasteiger partial charge in [0.05, 0.1) is 5.52 Å². The van der Waals surface area contributed by atoms with Crippen LogP contribution >= 0.6 is 11.8 Å². The van der Waals surface area contributed by atoms with Crippen molar-refractivity contribution in [3.8, 4) is 0 Å². The molecule has 0 spiro atoms. The highest BCUT2D eigenvalue weighted by atomic mass is 32.2. The number of rotatable bonds is 4. The number of nitrogens with zero attached hydrogens (tertiary/aromatic N) is 4. The lowest BCUT2D eigenvalue weighted by molar-refractivity contribution is 0.626. The number of thioether (sulfide) groups is 1. The summed E-state index contributed by atoms with van der Waals surface area (Å²) in [7, 11) is 0. The van der Waals surface area contributed by atoms with Crippen molar-refractivity contribution in [1.82, 2.24) is 19.7 Å². The van der Waals surface area contributed by atoms with Gasteiger partial charge in [0, 0.05) is 17.7 Å². The van der Waals surface area contributed by atoms with Crippen molar-refractivity contribution in [3.63, 3.8) is 0 Å². The summed E-state index contributed by atoms with van der Waals surface area (Å²) in [4.78, 5) is 4.68. The third-order valence-electron chi connectivity index (χ3n) is 3.93. The summed E-state index contributed by atoms with van der Waals surface area (Å²) in [6.07, 6.45) is 0. The van der Waals surface area contributed by atoms with Crippen molar-refractivity contribution < 1.29 is 4.39 Å². The molecule has 0 saturated carbocycles. The molecule has 24 heavy (non-hydrogen) atoms. The van der Waals surface area contributed by atoms with E-state index in [0.29, 0.717) is 10.9 Å². The van der Waals surface area contributed by atoms with Gasteiger partial charge >= 0.3 is 0 Å². The van der Waals surface area contributed by atoms with Crippen LogP contribution in [0.25, 0.3) is 22.1 Å². The largest absolute Gasteiger partial charge is 0.324 e. The second-order valence-electron chi connectivity index (χ2n) is 5.45. The van der Waals surface area contributed by atoms with Gasteiger partial charge in [-0.05, 0) is 30.7 Å². The molecular formula is C18H15FN4S. The van der Waals surface area contributed by atoms with Gasteiger partial charge in [-0.1, -0.05) is 42.1 Å². The van der Waals surface area contributed by atoms with Gasteiger partial charge in [0.15, 0.2) is 5.65 Å². The Balaban J connectivity index is 1.71. The first-order chi connectivity index (χ1) is 11.8. The van der Waals surface area contributed by atoms with Gasteiger partial charge < -0.3 is 4.57 Å². The smallest absolute Gasteiger partial charge is 0.211 e. The van der Waals surface area contributed by atoms with Crippen LogP contribution < -0.4 is 0 Å². The summed E-state index contributed by atoms with van der Waals surface area (Å²) < 4.78 is 15.4. The van der Waals surface area contributed by atoms with E-state index >= 15 is 0 Å². The zero-order valence-corrected chi connectivity index (χ0v) is 13.9. The van der Waals surface area contributed by atoms with Crippen molar-refractivity contribution >= 4 is 33.8 Å². The van der Waals surface area contributed by atoms with E-state index in [1.54, 1.807) is 6.07 Å². The third-order valence-corrected chi connectivity index (χ3v) is 4.84. The molecule has 0 aliphatic carbocycles. The first kappa shape index (κ1) is 15.1. The summed E-state index contributed by atoms with van der Waals surface area (Å²) in [5, 5.41) is 10.3. The van der Waals surface area contributed by atoms with E-state index in [1.807, 2.05) is 24.3 Å². The molecule has 6 heteroatoms. The van der Waals surface area contributed by atoms with Gasteiger partial charge in [0.2, 0.25) is 5.16 Å². The fourth-order valence-corrected chi connectivity index (χ4v) is 3.57. The fourth-order valence-electron chi connectivity index (χ4n) is 2.85. The van der Waals surface area contributed by atoms with E-state index in [1.165, 1.54) is 23.9 Å². The highest BCUT2D eigenvalue weighted by Gasteiger charge is 2.13. The molecule has 4 rings (SSSR count). The summed E-state index contributed by atoms with van der Waals surface area (Å²) in [6.45, 7) is 2.91. The highest BCUT2D eigenvalue weighted by molar-refractivity contribution is 7.98. The maximum Gasteiger partial charge on any atom is 0.211 e. The first-order valence-electron chi connectivity index (χ1n) is 7.75. The Morgan fingerprint density at radius 2 is 1.96 bits per heavy atom. The predicted octanol–water partition coefficient (Wildman–Crippen LogP) is 4.43. The summed E-state index contributed by atoms with van der Waals surface area (Å²) >= 11 is 1.46. The second kappa shape index (κ2) is 6.20. The van der Waals surface area contributed by atoms with Crippen molar-refractivity contribution in [3.05, 3.63) is 59.9 Å². The summed E-state index contributed by atoms with van der Waals surface area (Å²) in [6, 6.07) is 14.7. The van der Waals surface area contributed by atoms with Gasteiger partial charge in [-0.2, -0.15) is 0 Å². The molecule has 0 aliphatic heterocycles. The second-order valence-corrected chi connectivity index (χ2v) is 6.39.